The molecule has 0 unspecified atom stereocenters. The van der Waals surface area contributed by atoms with Gasteiger partial charge in [-0.15, -0.1) is 0 Å². The van der Waals surface area contributed by atoms with Gasteiger partial charge in [0.05, 0.1) is 11.4 Å². The monoisotopic (exact) mass is 330 g/mol. The summed E-state index contributed by atoms with van der Waals surface area (Å²) >= 11 is 0. The minimum absolute atomic E-state index is 0.714. The minimum atomic E-state index is 0.714. The van der Waals surface area contributed by atoms with Crippen LogP contribution in [0.2, 0.25) is 0 Å². The molecule has 0 amide bonds. The van der Waals surface area contributed by atoms with E-state index in [4.69, 9.17) is 0 Å². The average Bonchev–Trinajstić information content (AvgIpc) is 3.17. The number of fused-ring (bicyclic) bond motifs is 1. The summed E-state index contributed by atoms with van der Waals surface area (Å²) in [7, 11) is 1.97. The number of rotatable bonds is 3. The van der Waals surface area contributed by atoms with Gasteiger partial charge in [-0.2, -0.15) is 0 Å². The Bertz CT molecular complexity index is 1070. The van der Waals surface area contributed by atoms with Crippen molar-refractivity contribution in [2.45, 2.75) is 13.8 Å². The molecule has 4 aromatic heterocycles. The predicted molar refractivity (Wildman–Crippen MR) is 97.8 cm³/mol. The van der Waals surface area contributed by atoms with E-state index in [-0.39, 0.29) is 0 Å². The lowest BCUT2D eigenvalue weighted by Crippen LogP contribution is -1.94. The molecule has 0 radical (unpaired) electrons. The first-order valence-corrected chi connectivity index (χ1v) is 8.06. The maximum atomic E-state index is 4.64. The molecule has 0 fully saturated rings. The van der Waals surface area contributed by atoms with Crippen LogP contribution < -0.4 is 0 Å². The zero-order valence-corrected chi connectivity index (χ0v) is 14.4. The molecule has 124 valence electrons. The Morgan fingerprint density at radius 3 is 2.64 bits per heavy atom. The molecule has 4 heterocycles. The third-order valence-electron chi connectivity index (χ3n) is 4.02. The number of hydrogen-bond donors (Lipinski definition) is 0. The van der Waals surface area contributed by atoms with Crippen molar-refractivity contribution < 1.29 is 0 Å². The normalized spacial score (nSPS) is 11.6. The van der Waals surface area contributed by atoms with E-state index in [1.54, 1.807) is 6.20 Å². The number of nitrogens with zero attached hydrogens (tertiary/aromatic N) is 6. The van der Waals surface area contributed by atoms with Gasteiger partial charge in [0.25, 0.3) is 0 Å². The first-order valence-electron chi connectivity index (χ1n) is 8.06. The van der Waals surface area contributed by atoms with Crippen LogP contribution in [-0.2, 0) is 7.05 Å². The Labute approximate surface area is 145 Å². The number of imidazole rings is 2. The zero-order valence-electron chi connectivity index (χ0n) is 14.4. The van der Waals surface area contributed by atoms with Crippen LogP contribution in [0, 0.1) is 13.8 Å². The molecule has 0 saturated heterocycles. The van der Waals surface area contributed by atoms with E-state index in [9.17, 15) is 0 Å². The summed E-state index contributed by atoms with van der Waals surface area (Å²) in [5, 5.41) is 0. The van der Waals surface area contributed by atoms with Crippen LogP contribution >= 0.6 is 0 Å². The Balaban J connectivity index is 1.66. The highest BCUT2D eigenvalue weighted by atomic mass is 15.1. The first kappa shape index (κ1) is 15.3. The average molecular weight is 330 g/mol. The van der Waals surface area contributed by atoms with E-state index >= 15 is 0 Å². The Morgan fingerprint density at radius 2 is 1.84 bits per heavy atom. The van der Waals surface area contributed by atoms with Crippen molar-refractivity contribution in [1.82, 2.24) is 28.9 Å². The van der Waals surface area contributed by atoms with Gasteiger partial charge in [0, 0.05) is 37.0 Å². The molecule has 25 heavy (non-hydrogen) atoms. The van der Waals surface area contributed by atoms with Crippen LogP contribution in [0.1, 0.15) is 22.9 Å². The lowest BCUT2D eigenvalue weighted by molar-refractivity contribution is 0.898. The van der Waals surface area contributed by atoms with E-state index in [1.165, 1.54) is 0 Å². The van der Waals surface area contributed by atoms with Gasteiger partial charge in [0.2, 0.25) is 5.78 Å². The third kappa shape index (κ3) is 2.94. The van der Waals surface area contributed by atoms with Gasteiger partial charge < -0.3 is 4.57 Å². The molecule has 0 aliphatic heterocycles. The van der Waals surface area contributed by atoms with E-state index in [0.717, 1.165) is 34.3 Å². The molecular weight excluding hydrogens is 312 g/mol. The standard InChI is InChI=1S/C19H18N6/c1-13-10-14(2)25-11-15(22-19(25)21-13)7-8-18-23-17(12-24(18)3)16-6-4-5-9-20-16/h4-12H,1-3H3. The minimum Gasteiger partial charge on any atom is -0.334 e. The van der Waals surface area contributed by atoms with Crippen molar-refractivity contribution >= 4 is 17.9 Å². The highest BCUT2D eigenvalue weighted by Crippen LogP contribution is 2.17. The molecule has 0 N–H and O–H groups in total. The lowest BCUT2D eigenvalue weighted by Gasteiger charge is -1.98. The lowest BCUT2D eigenvalue weighted by atomic mass is 10.3. The molecule has 0 bridgehead atoms. The molecule has 6 heteroatoms. The Kier molecular flexibility index (Phi) is 3.65. The topological polar surface area (TPSA) is 60.9 Å². The number of pyridine rings is 1. The van der Waals surface area contributed by atoms with Crippen LogP contribution in [0.25, 0.3) is 29.3 Å². The summed E-state index contributed by atoms with van der Waals surface area (Å²) in [6, 6.07) is 7.85. The van der Waals surface area contributed by atoms with Crippen molar-refractivity contribution in [3.63, 3.8) is 0 Å². The first-order chi connectivity index (χ1) is 12.1. The molecule has 4 rings (SSSR count). The fourth-order valence-electron chi connectivity index (χ4n) is 2.80. The van der Waals surface area contributed by atoms with Gasteiger partial charge in [-0.25, -0.2) is 15.0 Å². The number of aromatic nitrogens is 6. The van der Waals surface area contributed by atoms with Crippen LogP contribution in [0.4, 0.5) is 0 Å². The van der Waals surface area contributed by atoms with E-state index in [1.807, 2.05) is 71.8 Å². The van der Waals surface area contributed by atoms with E-state index < -0.39 is 0 Å². The number of hydrogen-bond acceptors (Lipinski definition) is 4. The number of aryl methyl sites for hydroxylation is 3. The van der Waals surface area contributed by atoms with Crippen molar-refractivity contribution in [3.8, 4) is 11.4 Å². The SMILES string of the molecule is Cc1cc(C)n2cc(C=Cc3nc(-c4ccccn4)cn3C)nc2n1. The van der Waals surface area contributed by atoms with Crippen LogP contribution in [-0.4, -0.2) is 28.9 Å². The second-order valence-corrected chi connectivity index (χ2v) is 6.02. The fraction of sp³-hybridized carbons (Fsp3) is 0.158. The highest BCUT2D eigenvalue weighted by Gasteiger charge is 2.07. The molecule has 0 aromatic carbocycles. The van der Waals surface area contributed by atoms with Gasteiger partial charge >= 0.3 is 0 Å². The van der Waals surface area contributed by atoms with Crippen molar-refractivity contribution in [3.05, 3.63) is 65.8 Å². The van der Waals surface area contributed by atoms with Crippen LogP contribution in [0.3, 0.4) is 0 Å². The smallest absolute Gasteiger partial charge is 0.234 e. The third-order valence-corrected chi connectivity index (χ3v) is 4.02. The molecule has 0 aliphatic carbocycles. The second kappa shape index (κ2) is 5.98. The van der Waals surface area contributed by atoms with Crippen LogP contribution in [0.5, 0.6) is 0 Å². The summed E-state index contributed by atoms with van der Waals surface area (Å²) in [4.78, 5) is 18.0. The highest BCUT2D eigenvalue weighted by molar-refractivity contribution is 5.67. The Morgan fingerprint density at radius 1 is 0.960 bits per heavy atom. The zero-order chi connectivity index (χ0) is 17.4. The molecule has 4 aromatic rings. The van der Waals surface area contributed by atoms with Gasteiger partial charge in [-0.05, 0) is 44.2 Å². The molecule has 6 nitrogen and oxygen atoms in total. The van der Waals surface area contributed by atoms with E-state index in [0.29, 0.717) is 5.78 Å². The summed E-state index contributed by atoms with van der Waals surface area (Å²) in [5.74, 6) is 1.56. The predicted octanol–water partition coefficient (Wildman–Crippen LogP) is 3.31. The molecule has 0 aliphatic rings. The quantitative estimate of drug-likeness (QED) is 0.578. The maximum absolute atomic E-state index is 4.64. The van der Waals surface area contributed by atoms with Crippen molar-refractivity contribution in [2.75, 3.05) is 0 Å². The fourth-order valence-corrected chi connectivity index (χ4v) is 2.80. The van der Waals surface area contributed by atoms with Crippen LogP contribution in [0.15, 0.2) is 42.9 Å². The summed E-state index contributed by atoms with van der Waals surface area (Å²) in [6.07, 6.45) is 9.63. The second-order valence-electron chi connectivity index (χ2n) is 6.02. The molecule has 0 atom stereocenters. The summed E-state index contributed by atoms with van der Waals surface area (Å²) in [6.45, 7) is 4.03. The van der Waals surface area contributed by atoms with Crippen molar-refractivity contribution in [1.29, 1.82) is 0 Å². The maximum Gasteiger partial charge on any atom is 0.234 e. The molecule has 0 spiro atoms. The van der Waals surface area contributed by atoms with Gasteiger partial charge in [-0.1, -0.05) is 6.07 Å². The summed E-state index contributed by atoms with van der Waals surface area (Å²) in [5.41, 5.74) is 4.65. The van der Waals surface area contributed by atoms with Crippen molar-refractivity contribution in [2.24, 2.45) is 7.05 Å². The molecule has 0 saturated carbocycles. The molecular formula is C19H18N6. The van der Waals surface area contributed by atoms with E-state index in [2.05, 4.69) is 26.9 Å². The summed E-state index contributed by atoms with van der Waals surface area (Å²) < 4.78 is 3.97. The van der Waals surface area contributed by atoms with Gasteiger partial charge in [-0.3, -0.25) is 9.38 Å². The van der Waals surface area contributed by atoms with Gasteiger partial charge in [0.15, 0.2) is 0 Å². The largest absolute Gasteiger partial charge is 0.334 e. The Hall–Kier alpha value is -3.28. The van der Waals surface area contributed by atoms with Gasteiger partial charge in [0.1, 0.15) is 11.5 Å².